The Labute approximate surface area is 57.1 Å². The summed E-state index contributed by atoms with van der Waals surface area (Å²) in [4.78, 5) is 20.4. The van der Waals surface area contributed by atoms with E-state index in [0.29, 0.717) is 0 Å². The average Bonchev–Trinajstić information content (AvgIpc) is 1.87. The lowest BCUT2D eigenvalue weighted by Crippen LogP contribution is -2.30. The summed E-state index contributed by atoms with van der Waals surface area (Å²) in [5, 5.41) is 1.85. The smallest absolute Gasteiger partial charge is 0.413 e. The lowest BCUT2D eigenvalue weighted by molar-refractivity contribution is -0.117. The Hall–Kier alpha value is -0.770. The zero-order valence-corrected chi connectivity index (χ0v) is 5.57. The maximum Gasteiger partial charge on any atom is 0.413 e. The van der Waals surface area contributed by atoms with Crippen molar-refractivity contribution in [3.8, 4) is 0 Å². The fourth-order valence-electron chi connectivity index (χ4n) is 0.198. The number of hydrogen-bond acceptors (Lipinski definition) is 3. The van der Waals surface area contributed by atoms with Crippen LogP contribution in [0.3, 0.4) is 0 Å². The van der Waals surface area contributed by atoms with Gasteiger partial charge in [-0.3, -0.25) is 10.1 Å². The Kier molecular flexibility index (Phi) is 3.79. The zero-order valence-electron chi connectivity index (χ0n) is 4.81. The molecule has 0 aromatic carbocycles. The maximum atomic E-state index is 10.2. The number of methoxy groups -OCH3 is 1. The molecular weight excluding hydrogens is 146 g/mol. The van der Waals surface area contributed by atoms with Crippen molar-refractivity contribution in [1.29, 1.82) is 0 Å². The van der Waals surface area contributed by atoms with Crippen LogP contribution in [0.15, 0.2) is 0 Å². The number of amides is 2. The Morgan fingerprint density at radius 2 is 2.22 bits per heavy atom. The fourth-order valence-corrected chi connectivity index (χ4v) is 0.265. The topological polar surface area (TPSA) is 55.4 Å². The van der Waals surface area contributed by atoms with E-state index in [1.807, 2.05) is 5.32 Å². The highest BCUT2D eigenvalue weighted by Crippen LogP contribution is 1.75. The molecule has 0 saturated heterocycles. The zero-order chi connectivity index (χ0) is 7.28. The van der Waals surface area contributed by atoms with Crippen LogP contribution in [0.1, 0.15) is 0 Å². The van der Waals surface area contributed by atoms with Gasteiger partial charge in [-0.2, -0.15) is 0 Å². The summed E-state index contributed by atoms with van der Waals surface area (Å²) < 4.78 is 4.09. The predicted octanol–water partition coefficient (Wildman–Crippen LogP) is 0.108. The quantitative estimate of drug-likeness (QED) is 0.541. The van der Waals surface area contributed by atoms with Crippen LogP contribution >= 0.6 is 11.6 Å². The van der Waals surface area contributed by atoms with Crippen LogP contribution in [-0.4, -0.2) is 25.0 Å². The molecule has 0 fully saturated rings. The highest BCUT2D eigenvalue weighted by Gasteiger charge is 2.03. The molecule has 52 valence electrons. The minimum atomic E-state index is -0.791. The lowest BCUT2D eigenvalue weighted by atomic mass is 10.7. The molecule has 5 heteroatoms. The van der Waals surface area contributed by atoms with Gasteiger partial charge in [0.15, 0.2) is 0 Å². The van der Waals surface area contributed by atoms with Gasteiger partial charge in [-0.15, -0.1) is 11.6 Å². The van der Waals surface area contributed by atoms with E-state index in [2.05, 4.69) is 4.74 Å². The second-order valence-electron chi connectivity index (χ2n) is 1.17. The van der Waals surface area contributed by atoms with E-state index in [4.69, 9.17) is 11.6 Å². The summed E-state index contributed by atoms with van der Waals surface area (Å²) in [5.74, 6) is -0.807. The van der Waals surface area contributed by atoms with Gasteiger partial charge in [-0.05, 0) is 0 Å². The molecular formula is C4H6ClNO3. The first kappa shape index (κ1) is 8.23. The minimum Gasteiger partial charge on any atom is -0.453 e. The normalized spacial score (nSPS) is 8.22. The third-order valence-electron chi connectivity index (χ3n) is 0.548. The van der Waals surface area contributed by atoms with Crippen molar-refractivity contribution in [1.82, 2.24) is 5.32 Å². The molecule has 4 nitrogen and oxygen atoms in total. The molecule has 0 spiro atoms. The maximum absolute atomic E-state index is 10.2. The predicted molar refractivity (Wildman–Crippen MR) is 31.3 cm³/mol. The second kappa shape index (κ2) is 4.14. The Morgan fingerprint density at radius 1 is 1.67 bits per heavy atom. The van der Waals surface area contributed by atoms with Gasteiger partial charge in [-0.1, -0.05) is 0 Å². The third kappa shape index (κ3) is 3.78. The van der Waals surface area contributed by atoms with Crippen LogP contribution < -0.4 is 5.32 Å². The van der Waals surface area contributed by atoms with Crippen LogP contribution in [0.25, 0.3) is 0 Å². The van der Waals surface area contributed by atoms with Gasteiger partial charge in [0, 0.05) is 0 Å². The van der Waals surface area contributed by atoms with Crippen LogP contribution in [0.2, 0.25) is 0 Å². The number of imide groups is 1. The highest BCUT2D eigenvalue weighted by molar-refractivity contribution is 6.28. The van der Waals surface area contributed by atoms with E-state index >= 15 is 0 Å². The number of ether oxygens (including phenoxy) is 1. The lowest BCUT2D eigenvalue weighted by Gasteiger charge is -1.96. The van der Waals surface area contributed by atoms with Crippen molar-refractivity contribution in [2.45, 2.75) is 0 Å². The van der Waals surface area contributed by atoms with Crippen molar-refractivity contribution in [2.75, 3.05) is 13.0 Å². The fraction of sp³-hybridized carbons (Fsp3) is 0.500. The van der Waals surface area contributed by atoms with Gasteiger partial charge in [0.1, 0.15) is 5.88 Å². The SMILES string of the molecule is COC(=O)NC(=O)CCl. The molecule has 0 aromatic rings. The highest BCUT2D eigenvalue weighted by atomic mass is 35.5. The van der Waals surface area contributed by atoms with Gasteiger partial charge in [0.05, 0.1) is 7.11 Å². The number of carbonyl (C=O) groups excluding carboxylic acids is 2. The van der Waals surface area contributed by atoms with E-state index in [0.717, 1.165) is 7.11 Å². The van der Waals surface area contributed by atoms with Crippen LogP contribution in [0.4, 0.5) is 4.79 Å². The molecule has 0 aliphatic rings. The third-order valence-corrected chi connectivity index (χ3v) is 0.791. The summed E-state index contributed by atoms with van der Waals surface area (Å²) in [6.07, 6.45) is -0.791. The van der Waals surface area contributed by atoms with Gasteiger partial charge in [0.2, 0.25) is 5.91 Å². The van der Waals surface area contributed by atoms with Crippen molar-refractivity contribution in [3.05, 3.63) is 0 Å². The number of hydrogen-bond donors (Lipinski definition) is 1. The molecule has 0 unspecified atom stereocenters. The molecule has 0 aliphatic carbocycles. The second-order valence-corrected chi connectivity index (χ2v) is 1.44. The number of alkyl halides is 1. The largest absolute Gasteiger partial charge is 0.453 e. The van der Waals surface area contributed by atoms with E-state index in [9.17, 15) is 9.59 Å². The van der Waals surface area contributed by atoms with E-state index < -0.39 is 12.0 Å². The summed E-state index contributed by atoms with van der Waals surface area (Å²) in [7, 11) is 1.16. The molecule has 0 radical (unpaired) electrons. The molecule has 0 aliphatic heterocycles. The monoisotopic (exact) mass is 151 g/mol. The van der Waals surface area contributed by atoms with E-state index in [1.165, 1.54) is 0 Å². The summed E-state index contributed by atoms with van der Waals surface area (Å²) >= 11 is 5.03. The van der Waals surface area contributed by atoms with Crippen LogP contribution in [0, 0.1) is 0 Å². The Balaban J connectivity index is 3.47. The van der Waals surface area contributed by atoms with E-state index in [-0.39, 0.29) is 5.88 Å². The van der Waals surface area contributed by atoms with Crippen molar-refractivity contribution >= 4 is 23.6 Å². The van der Waals surface area contributed by atoms with Crippen molar-refractivity contribution in [3.63, 3.8) is 0 Å². The minimum absolute atomic E-state index is 0.241. The van der Waals surface area contributed by atoms with Crippen molar-refractivity contribution in [2.24, 2.45) is 0 Å². The molecule has 0 atom stereocenters. The summed E-state index contributed by atoms with van der Waals surface area (Å²) in [5.41, 5.74) is 0. The van der Waals surface area contributed by atoms with Gasteiger partial charge >= 0.3 is 6.09 Å². The number of carbonyl (C=O) groups is 2. The number of rotatable bonds is 1. The average molecular weight is 152 g/mol. The van der Waals surface area contributed by atoms with Gasteiger partial charge < -0.3 is 4.74 Å². The number of nitrogens with one attached hydrogen (secondary N) is 1. The molecule has 9 heavy (non-hydrogen) atoms. The Morgan fingerprint density at radius 3 is 2.56 bits per heavy atom. The first-order valence-corrected chi connectivity index (χ1v) is 2.68. The van der Waals surface area contributed by atoms with Crippen LogP contribution in [-0.2, 0) is 9.53 Å². The molecule has 0 rings (SSSR count). The van der Waals surface area contributed by atoms with Gasteiger partial charge in [0.25, 0.3) is 0 Å². The first-order valence-electron chi connectivity index (χ1n) is 2.14. The Bertz CT molecular complexity index is 111. The number of halogens is 1. The number of alkyl carbamates (subject to hydrolysis) is 1. The van der Waals surface area contributed by atoms with Crippen molar-refractivity contribution < 1.29 is 14.3 Å². The standard InChI is InChI=1S/C4H6ClNO3/c1-9-4(8)6-3(7)2-5/h2H2,1H3,(H,6,7,8). The molecule has 0 bridgehead atoms. The molecule has 0 saturated carbocycles. The first-order chi connectivity index (χ1) is 4.20. The summed E-state index contributed by atoms with van der Waals surface area (Å²) in [6.45, 7) is 0. The molecule has 0 aromatic heterocycles. The molecule has 1 N–H and O–H groups in total. The van der Waals surface area contributed by atoms with Crippen LogP contribution in [0.5, 0.6) is 0 Å². The van der Waals surface area contributed by atoms with E-state index in [1.54, 1.807) is 0 Å². The summed E-state index contributed by atoms with van der Waals surface area (Å²) in [6, 6.07) is 0. The van der Waals surface area contributed by atoms with Gasteiger partial charge in [-0.25, -0.2) is 4.79 Å². The molecule has 0 heterocycles. The molecule has 2 amide bonds.